The predicted molar refractivity (Wildman–Crippen MR) is 85.6 cm³/mol. The molecule has 0 fully saturated rings. The van der Waals surface area contributed by atoms with Crippen LogP contribution in [0.5, 0.6) is 0 Å². The van der Waals surface area contributed by atoms with E-state index in [1.807, 2.05) is 13.8 Å². The number of thioether (sulfide) groups is 1. The molecule has 22 heavy (non-hydrogen) atoms. The molecule has 1 aromatic heterocycles. The summed E-state index contributed by atoms with van der Waals surface area (Å²) in [5.74, 6) is -0.312. The van der Waals surface area contributed by atoms with Crippen molar-refractivity contribution in [1.29, 1.82) is 0 Å². The van der Waals surface area contributed by atoms with Crippen molar-refractivity contribution < 1.29 is 13.9 Å². The maximum Gasteiger partial charge on any atom is 0.316 e. The van der Waals surface area contributed by atoms with Gasteiger partial charge in [0.25, 0.3) is 0 Å². The summed E-state index contributed by atoms with van der Waals surface area (Å²) < 4.78 is 18.5. The largest absolute Gasteiger partial charge is 0.462 e. The monoisotopic (exact) mass is 341 g/mol. The summed E-state index contributed by atoms with van der Waals surface area (Å²) in [7, 11) is 0. The van der Waals surface area contributed by atoms with Crippen molar-refractivity contribution >= 4 is 34.2 Å². The number of carbonyl (C=O) groups is 1. The molecule has 0 spiro atoms. The van der Waals surface area contributed by atoms with Crippen LogP contribution in [0.25, 0.3) is 0 Å². The molecule has 1 aromatic carbocycles. The average molecular weight is 341 g/mol. The molecule has 0 saturated carbocycles. The Kier molecular flexibility index (Phi) is 6.14. The molecule has 0 aliphatic carbocycles. The van der Waals surface area contributed by atoms with Crippen molar-refractivity contribution in [1.82, 2.24) is 10.2 Å². The van der Waals surface area contributed by atoms with Gasteiger partial charge in [-0.3, -0.25) is 4.79 Å². The van der Waals surface area contributed by atoms with Gasteiger partial charge >= 0.3 is 5.97 Å². The molecule has 0 bridgehead atoms. The van der Waals surface area contributed by atoms with Crippen molar-refractivity contribution in [2.24, 2.45) is 0 Å². The van der Waals surface area contributed by atoms with Gasteiger partial charge in [-0.15, -0.1) is 10.2 Å². The third-order valence-corrected chi connectivity index (χ3v) is 4.43. The zero-order valence-electron chi connectivity index (χ0n) is 12.2. The number of aromatic nitrogens is 2. The Morgan fingerprint density at radius 3 is 2.77 bits per heavy atom. The number of hydrogen-bond donors (Lipinski definition) is 1. The van der Waals surface area contributed by atoms with Crippen molar-refractivity contribution in [2.75, 3.05) is 11.1 Å². The number of nitrogens with zero attached hydrogens (tertiary/aromatic N) is 2. The summed E-state index contributed by atoms with van der Waals surface area (Å²) >= 11 is 2.66. The normalized spacial score (nSPS) is 10.7. The first-order chi connectivity index (χ1) is 10.5. The van der Waals surface area contributed by atoms with Gasteiger partial charge in [-0.05, 0) is 31.5 Å². The molecule has 0 atom stereocenters. The molecule has 0 saturated heterocycles. The van der Waals surface area contributed by atoms with Crippen molar-refractivity contribution in [3.63, 3.8) is 0 Å². The third-order valence-electron chi connectivity index (χ3n) is 2.44. The van der Waals surface area contributed by atoms with Gasteiger partial charge in [-0.2, -0.15) is 0 Å². The number of carbonyl (C=O) groups excluding carboxylic acids is 1. The van der Waals surface area contributed by atoms with E-state index in [1.54, 1.807) is 12.1 Å². The molecule has 1 heterocycles. The van der Waals surface area contributed by atoms with E-state index in [0.717, 1.165) is 5.56 Å². The SMILES string of the molecule is CC(C)OC(=O)CSc1nnc(NCc2ccc(F)cc2)s1. The molecule has 2 rings (SSSR count). The quantitative estimate of drug-likeness (QED) is 0.615. The second-order valence-electron chi connectivity index (χ2n) is 4.68. The first-order valence-corrected chi connectivity index (χ1v) is 8.47. The Morgan fingerprint density at radius 2 is 2.09 bits per heavy atom. The van der Waals surface area contributed by atoms with E-state index in [4.69, 9.17) is 4.74 Å². The summed E-state index contributed by atoms with van der Waals surface area (Å²) in [6.07, 6.45) is -0.115. The minimum Gasteiger partial charge on any atom is -0.462 e. The summed E-state index contributed by atoms with van der Waals surface area (Å²) in [5, 5.41) is 11.8. The van der Waals surface area contributed by atoms with Crippen LogP contribution in [0.1, 0.15) is 19.4 Å². The molecule has 0 radical (unpaired) electrons. The second-order valence-corrected chi connectivity index (χ2v) is 6.88. The minimum absolute atomic E-state index is 0.115. The standard InChI is InChI=1S/C14H16FN3O2S2/c1-9(2)20-12(19)8-21-14-18-17-13(22-14)16-7-10-3-5-11(15)6-4-10/h3-6,9H,7-8H2,1-2H3,(H,16,17). The number of esters is 1. The number of nitrogens with one attached hydrogen (secondary N) is 1. The van der Waals surface area contributed by atoms with Gasteiger partial charge in [0.05, 0.1) is 11.9 Å². The lowest BCUT2D eigenvalue weighted by Crippen LogP contribution is -2.13. The molecule has 0 unspecified atom stereocenters. The Balaban J connectivity index is 1.78. The molecule has 2 aromatic rings. The van der Waals surface area contributed by atoms with Crippen LogP contribution in [-0.2, 0) is 16.1 Å². The van der Waals surface area contributed by atoms with Gasteiger partial charge in [0.1, 0.15) is 5.82 Å². The number of rotatable bonds is 7. The van der Waals surface area contributed by atoms with Gasteiger partial charge in [0.2, 0.25) is 5.13 Å². The highest BCUT2D eigenvalue weighted by Crippen LogP contribution is 2.25. The Morgan fingerprint density at radius 1 is 1.36 bits per heavy atom. The van der Waals surface area contributed by atoms with E-state index < -0.39 is 0 Å². The average Bonchev–Trinajstić information content (AvgIpc) is 2.92. The van der Waals surface area contributed by atoms with Gasteiger partial charge in [-0.1, -0.05) is 35.2 Å². The van der Waals surface area contributed by atoms with Crippen LogP contribution in [0.15, 0.2) is 28.6 Å². The van der Waals surface area contributed by atoms with E-state index >= 15 is 0 Å². The van der Waals surface area contributed by atoms with Crippen molar-refractivity contribution in [2.45, 2.75) is 30.8 Å². The number of hydrogen-bond acceptors (Lipinski definition) is 7. The van der Waals surface area contributed by atoms with Crippen LogP contribution in [0.3, 0.4) is 0 Å². The third kappa shape index (κ3) is 5.61. The second kappa shape index (κ2) is 8.09. The highest BCUT2D eigenvalue weighted by atomic mass is 32.2. The number of anilines is 1. The lowest BCUT2D eigenvalue weighted by Gasteiger charge is -2.05. The van der Waals surface area contributed by atoms with Crippen LogP contribution in [-0.4, -0.2) is 28.0 Å². The molecule has 5 nitrogen and oxygen atoms in total. The van der Waals surface area contributed by atoms with Gasteiger partial charge in [0, 0.05) is 6.54 Å². The van der Waals surface area contributed by atoms with E-state index in [0.29, 0.717) is 16.0 Å². The van der Waals surface area contributed by atoms with E-state index in [2.05, 4.69) is 15.5 Å². The Bertz CT molecular complexity index is 617. The maximum atomic E-state index is 12.8. The fourth-order valence-corrected chi connectivity index (χ4v) is 3.07. The van der Waals surface area contributed by atoms with Crippen LogP contribution in [0.2, 0.25) is 0 Å². The minimum atomic E-state index is -0.268. The molecular weight excluding hydrogens is 325 g/mol. The van der Waals surface area contributed by atoms with E-state index in [9.17, 15) is 9.18 Å². The molecule has 0 aliphatic rings. The highest BCUT2D eigenvalue weighted by molar-refractivity contribution is 8.01. The number of ether oxygens (including phenoxy) is 1. The fraction of sp³-hybridized carbons (Fsp3) is 0.357. The Hall–Kier alpha value is -1.67. The fourth-order valence-electron chi connectivity index (χ4n) is 1.54. The number of halogens is 1. The molecule has 0 amide bonds. The summed E-state index contributed by atoms with van der Waals surface area (Å²) in [5.41, 5.74) is 0.950. The molecular formula is C14H16FN3O2S2. The predicted octanol–water partition coefficient (Wildman–Crippen LogP) is 3.33. The lowest BCUT2D eigenvalue weighted by atomic mass is 10.2. The van der Waals surface area contributed by atoms with Crippen LogP contribution in [0, 0.1) is 5.82 Å². The highest BCUT2D eigenvalue weighted by Gasteiger charge is 2.10. The van der Waals surface area contributed by atoms with E-state index in [-0.39, 0.29) is 23.6 Å². The molecule has 1 N–H and O–H groups in total. The Labute approximate surface area is 136 Å². The summed E-state index contributed by atoms with van der Waals surface area (Å²) in [6.45, 7) is 4.16. The summed E-state index contributed by atoms with van der Waals surface area (Å²) in [4.78, 5) is 11.4. The smallest absolute Gasteiger partial charge is 0.316 e. The van der Waals surface area contributed by atoms with Crippen LogP contribution >= 0.6 is 23.1 Å². The van der Waals surface area contributed by atoms with Gasteiger partial charge in [-0.25, -0.2) is 4.39 Å². The van der Waals surface area contributed by atoms with Crippen molar-refractivity contribution in [3.8, 4) is 0 Å². The molecule has 118 valence electrons. The van der Waals surface area contributed by atoms with Crippen LogP contribution < -0.4 is 5.32 Å². The van der Waals surface area contributed by atoms with Crippen LogP contribution in [0.4, 0.5) is 9.52 Å². The number of benzene rings is 1. The zero-order chi connectivity index (χ0) is 15.9. The summed E-state index contributed by atoms with van der Waals surface area (Å²) in [6, 6.07) is 6.25. The zero-order valence-corrected chi connectivity index (χ0v) is 13.8. The first-order valence-electron chi connectivity index (χ1n) is 6.67. The van der Waals surface area contributed by atoms with Gasteiger partial charge in [0.15, 0.2) is 4.34 Å². The lowest BCUT2D eigenvalue weighted by molar-refractivity contribution is -0.144. The van der Waals surface area contributed by atoms with Gasteiger partial charge < -0.3 is 10.1 Å². The first kappa shape index (κ1) is 16.7. The molecule has 0 aliphatic heterocycles. The molecule has 8 heteroatoms. The van der Waals surface area contributed by atoms with Crippen molar-refractivity contribution in [3.05, 3.63) is 35.6 Å². The van der Waals surface area contributed by atoms with E-state index in [1.165, 1.54) is 35.2 Å². The maximum absolute atomic E-state index is 12.8. The topological polar surface area (TPSA) is 64.1 Å².